The normalized spacial score (nSPS) is 25.5. The fraction of sp³-hybridized carbons (Fsp3) is 0.706. The van der Waals surface area contributed by atoms with Crippen LogP contribution in [0.4, 0.5) is 0 Å². The van der Waals surface area contributed by atoms with Gasteiger partial charge in [-0.3, -0.25) is 14.5 Å². The summed E-state index contributed by atoms with van der Waals surface area (Å²) in [5.74, 6) is 0.674. The Morgan fingerprint density at radius 3 is 2.74 bits per heavy atom. The van der Waals surface area contributed by atoms with Gasteiger partial charge in [-0.2, -0.15) is 5.10 Å². The minimum Gasteiger partial charge on any atom is -0.344 e. The number of likely N-dealkylation sites (N-methyl/N-ethyl adjacent to an activating group) is 1. The Morgan fingerprint density at radius 1 is 1.22 bits per heavy atom. The summed E-state index contributed by atoms with van der Waals surface area (Å²) in [7, 11) is 1.87. The molecule has 0 radical (unpaired) electrons. The second-order valence-electron chi connectivity index (χ2n) is 7.23. The van der Waals surface area contributed by atoms with Crippen LogP contribution < -0.4 is 5.56 Å². The summed E-state index contributed by atoms with van der Waals surface area (Å²) in [5, 5.41) is 4.59. The van der Waals surface area contributed by atoms with Crippen LogP contribution in [0.15, 0.2) is 10.9 Å². The maximum Gasteiger partial charge on any atom is 0.267 e. The molecule has 1 amide bonds. The number of rotatable bonds is 3. The van der Waals surface area contributed by atoms with Crippen molar-refractivity contribution in [3.05, 3.63) is 27.7 Å². The molecule has 4 rings (SSSR count). The van der Waals surface area contributed by atoms with Gasteiger partial charge in [-0.15, -0.1) is 0 Å². The summed E-state index contributed by atoms with van der Waals surface area (Å²) >= 11 is 0. The molecule has 1 aromatic rings. The number of carbonyl (C=O) groups is 1. The summed E-state index contributed by atoms with van der Waals surface area (Å²) in [6.45, 7) is 3.33. The van der Waals surface area contributed by atoms with Gasteiger partial charge in [-0.05, 0) is 37.7 Å². The molecule has 6 heteroatoms. The minimum absolute atomic E-state index is 0.0285. The topological polar surface area (TPSA) is 58.4 Å². The molecule has 2 fully saturated rings. The van der Waals surface area contributed by atoms with Gasteiger partial charge < -0.3 is 4.90 Å². The zero-order chi connectivity index (χ0) is 16.0. The lowest BCUT2D eigenvalue weighted by atomic mass is 9.96. The van der Waals surface area contributed by atoms with E-state index < -0.39 is 0 Å². The zero-order valence-corrected chi connectivity index (χ0v) is 13.7. The van der Waals surface area contributed by atoms with E-state index in [0.29, 0.717) is 12.5 Å². The third-order valence-electron chi connectivity index (χ3n) is 5.53. The number of hydrogen-bond donors (Lipinski definition) is 0. The highest BCUT2D eigenvalue weighted by Gasteiger charge is 2.40. The lowest BCUT2D eigenvalue weighted by molar-refractivity contribution is -0.133. The molecule has 1 atom stereocenters. The second kappa shape index (κ2) is 5.74. The van der Waals surface area contributed by atoms with Crippen molar-refractivity contribution < 1.29 is 4.79 Å². The molecule has 1 aliphatic carbocycles. The van der Waals surface area contributed by atoms with E-state index in [1.165, 1.54) is 12.8 Å². The molecule has 6 nitrogen and oxygen atoms in total. The van der Waals surface area contributed by atoms with Gasteiger partial charge in [-0.25, -0.2) is 4.68 Å². The second-order valence-corrected chi connectivity index (χ2v) is 7.23. The van der Waals surface area contributed by atoms with Crippen LogP contribution in [0.25, 0.3) is 0 Å². The number of hydrogen-bond acceptors (Lipinski definition) is 4. The van der Waals surface area contributed by atoms with Crippen LogP contribution in [0.1, 0.15) is 30.5 Å². The first kappa shape index (κ1) is 14.9. The predicted octanol–water partition coefficient (Wildman–Crippen LogP) is 0.285. The molecule has 0 aromatic carbocycles. The number of carbonyl (C=O) groups excluding carboxylic acids is 1. The lowest BCUT2D eigenvalue weighted by Gasteiger charge is -2.42. The van der Waals surface area contributed by atoms with Gasteiger partial charge >= 0.3 is 0 Å². The Bertz CT molecular complexity index is 678. The van der Waals surface area contributed by atoms with Crippen molar-refractivity contribution in [1.82, 2.24) is 19.6 Å². The van der Waals surface area contributed by atoms with Crippen LogP contribution in [-0.2, 0) is 24.2 Å². The van der Waals surface area contributed by atoms with Crippen LogP contribution in [0.5, 0.6) is 0 Å². The van der Waals surface area contributed by atoms with Gasteiger partial charge in [0.25, 0.3) is 5.56 Å². The highest BCUT2D eigenvalue weighted by atomic mass is 16.2. The maximum absolute atomic E-state index is 12.2. The standard InChI is InChI=1S/C17H24N4O2/c1-19-7-6-15(17(19)23)20-9-12(10-20)11-21-16(22)8-13-4-2-3-5-14(13)18-21/h8,12,15H,2-7,9-11H2,1H3. The highest BCUT2D eigenvalue weighted by molar-refractivity contribution is 5.83. The Hall–Kier alpha value is -1.69. The molecule has 124 valence electrons. The lowest BCUT2D eigenvalue weighted by Crippen LogP contribution is -2.56. The van der Waals surface area contributed by atoms with E-state index in [4.69, 9.17) is 0 Å². The van der Waals surface area contributed by atoms with E-state index in [2.05, 4.69) is 10.00 Å². The van der Waals surface area contributed by atoms with E-state index in [1.54, 1.807) is 10.7 Å². The molecule has 0 saturated carbocycles. The Kier molecular flexibility index (Phi) is 3.71. The van der Waals surface area contributed by atoms with Crippen LogP contribution >= 0.6 is 0 Å². The van der Waals surface area contributed by atoms with E-state index in [9.17, 15) is 9.59 Å². The molecule has 3 heterocycles. The smallest absolute Gasteiger partial charge is 0.267 e. The van der Waals surface area contributed by atoms with Crippen molar-refractivity contribution in [2.24, 2.45) is 5.92 Å². The molecule has 2 aliphatic heterocycles. The van der Waals surface area contributed by atoms with Crippen LogP contribution in [0.3, 0.4) is 0 Å². The van der Waals surface area contributed by atoms with E-state index in [0.717, 1.165) is 50.2 Å². The minimum atomic E-state index is 0.0285. The summed E-state index contributed by atoms with van der Waals surface area (Å²) in [5.41, 5.74) is 2.28. The van der Waals surface area contributed by atoms with Gasteiger partial charge in [0.1, 0.15) is 0 Å². The Morgan fingerprint density at radius 2 is 2.00 bits per heavy atom. The number of nitrogens with zero attached hydrogens (tertiary/aromatic N) is 4. The fourth-order valence-electron chi connectivity index (χ4n) is 4.10. The molecule has 23 heavy (non-hydrogen) atoms. The first-order chi connectivity index (χ1) is 11.1. The highest BCUT2D eigenvalue weighted by Crippen LogP contribution is 2.25. The average Bonchev–Trinajstić information content (AvgIpc) is 2.83. The molecule has 0 N–H and O–H groups in total. The summed E-state index contributed by atoms with van der Waals surface area (Å²) in [4.78, 5) is 28.3. The first-order valence-electron chi connectivity index (χ1n) is 8.71. The number of likely N-dealkylation sites (tertiary alicyclic amines) is 2. The third kappa shape index (κ3) is 2.69. The summed E-state index contributed by atoms with van der Waals surface area (Å²) in [6.07, 6.45) is 5.26. The number of fused-ring (bicyclic) bond motifs is 1. The number of aromatic nitrogens is 2. The van der Waals surface area contributed by atoms with Crippen molar-refractivity contribution >= 4 is 5.91 Å². The van der Waals surface area contributed by atoms with Crippen molar-refractivity contribution in [1.29, 1.82) is 0 Å². The maximum atomic E-state index is 12.2. The summed E-state index contributed by atoms with van der Waals surface area (Å²) in [6, 6.07) is 1.84. The Balaban J connectivity index is 1.39. The SMILES string of the molecule is CN1CCC(N2CC(Cn3nc4c(cc3=O)CCCC4)C2)C1=O. The quantitative estimate of drug-likeness (QED) is 0.804. The molecule has 1 unspecified atom stereocenters. The van der Waals surface area contributed by atoms with Crippen molar-refractivity contribution in [2.45, 2.75) is 44.7 Å². The summed E-state index contributed by atoms with van der Waals surface area (Å²) < 4.78 is 1.65. The van der Waals surface area contributed by atoms with Crippen molar-refractivity contribution in [3.63, 3.8) is 0 Å². The molecular formula is C17H24N4O2. The van der Waals surface area contributed by atoms with E-state index in [-0.39, 0.29) is 17.5 Å². The fourth-order valence-corrected chi connectivity index (χ4v) is 4.10. The molecule has 3 aliphatic rings. The van der Waals surface area contributed by atoms with Crippen LogP contribution in [0, 0.1) is 5.92 Å². The zero-order valence-electron chi connectivity index (χ0n) is 13.7. The third-order valence-corrected chi connectivity index (χ3v) is 5.53. The van der Waals surface area contributed by atoms with Gasteiger partial charge in [0.05, 0.1) is 18.3 Å². The number of amides is 1. The van der Waals surface area contributed by atoms with Gasteiger partial charge in [-0.1, -0.05) is 0 Å². The predicted molar refractivity (Wildman–Crippen MR) is 86.2 cm³/mol. The Labute approximate surface area is 136 Å². The largest absolute Gasteiger partial charge is 0.344 e. The molecule has 0 spiro atoms. The molecule has 0 bridgehead atoms. The van der Waals surface area contributed by atoms with Crippen LogP contribution in [-0.4, -0.2) is 58.2 Å². The van der Waals surface area contributed by atoms with Gasteiger partial charge in [0, 0.05) is 38.7 Å². The van der Waals surface area contributed by atoms with Gasteiger partial charge in [0.2, 0.25) is 5.91 Å². The van der Waals surface area contributed by atoms with Crippen molar-refractivity contribution in [3.8, 4) is 0 Å². The van der Waals surface area contributed by atoms with Crippen molar-refractivity contribution in [2.75, 3.05) is 26.7 Å². The van der Waals surface area contributed by atoms with E-state index >= 15 is 0 Å². The molecular weight excluding hydrogens is 292 g/mol. The average molecular weight is 316 g/mol. The molecule has 2 saturated heterocycles. The van der Waals surface area contributed by atoms with E-state index in [1.807, 2.05) is 11.9 Å². The van der Waals surface area contributed by atoms with Crippen LogP contribution in [0.2, 0.25) is 0 Å². The molecule has 1 aromatic heterocycles. The number of aryl methyl sites for hydroxylation is 2. The monoisotopic (exact) mass is 316 g/mol. The first-order valence-corrected chi connectivity index (χ1v) is 8.71. The van der Waals surface area contributed by atoms with Gasteiger partial charge in [0.15, 0.2) is 0 Å².